The zero-order chi connectivity index (χ0) is 17.2. The third-order valence-electron chi connectivity index (χ3n) is 4.10. The summed E-state index contributed by atoms with van der Waals surface area (Å²) in [6, 6.07) is 21.1. The summed E-state index contributed by atoms with van der Waals surface area (Å²) < 4.78 is 2.72. The highest BCUT2D eigenvalue weighted by atomic mass is 16.2. The Kier molecular flexibility index (Phi) is 3.74. The van der Waals surface area contributed by atoms with Crippen LogP contribution in [0.3, 0.4) is 0 Å². The van der Waals surface area contributed by atoms with Crippen molar-refractivity contribution in [1.82, 2.24) is 19.6 Å². The van der Waals surface area contributed by atoms with Crippen LogP contribution in [0, 0.1) is 6.92 Å². The summed E-state index contributed by atoms with van der Waals surface area (Å²) in [7, 11) is 0. The third kappa shape index (κ3) is 2.65. The van der Waals surface area contributed by atoms with Crippen molar-refractivity contribution in [3.8, 4) is 22.5 Å². The Labute approximate surface area is 145 Å². The van der Waals surface area contributed by atoms with Gasteiger partial charge in [-0.15, -0.1) is 0 Å². The van der Waals surface area contributed by atoms with E-state index in [9.17, 15) is 4.79 Å². The normalized spacial score (nSPS) is 10.8. The van der Waals surface area contributed by atoms with Crippen LogP contribution in [-0.2, 0) is 0 Å². The number of carbonyl (C=O) groups excluding carboxylic acids is 1. The molecule has 0 radical (unpaired) electrons. The molecule has 5 nitrogen and oxygen atoms in total. The summed E-state index contributed by atoms with van der Waals surface area (Å²) in [6.45, 7) is 1.99. The zero-order valence-corrected chi connectivity index (χ0v) is 13.7. The van der Waals surface area contributed by atoms with Crippen LogP contribution in [-0.4, -0.2) is 25.6 Å². The van der Waals surface area contributed by atoms with E-state index >= 15 is 0 Å². The maximum absolute atomic E-state index is 12.9. The average molecular weight is 328 g/mol. The van der Waals surface area contributed by atoms with Crippen LogP contribution in [0.25, 0.3) is 22.5 Å². The Morgan fingerprint density at radius 2 is 1.52 bits per heavy atom. The molecular formula is C20H16N4O. The van der Waals surface area contributed by atoms with E-state index in [1.165, 1.54) is 9.36 Å². The number of hydrogen-bond acceptors (Lipinski definition) is 3. The first-order valence-corrected chi connectivity index (χ1v) is 8.00. The second kappa shape index (κ2) is 6.20. The molecule has 2 aromatic heterocycles. The standard InChI is InChI=1S/C20H16N4O/c1-15-18(16-9-4-2-5-10-16)22-24(20(25)23-14-8-13-21-23)19(15)17-11-6-3-7-12-17/h2-14H,1H3. The van der Waals surface area contributed by atoms with Crippen LogP contribution in [0.5, 0.6) is 0 Å². The monoisotopic (exact) mass is 328 g/mol. The highest BCUT2D eigenvalue weighted by molar-refractivity contribution is 5.86. The molecule has 0 amide bonds. The second-order valence-electron chi connectivity index (χ2n) is 5.70. The first-order chi connectivity index (χ1) is 12.3. The van der Waals surface area contributed by atoms with Crippen molar-refractivity contribution in [2.45, 2.75) is 6.92 Å². The minimum Gasteiger partial charge on any atom is -0.244 e. The van der Waals surface area contributed by atoms with Crippen molar-refractivity contribution < 1.29 is 4.79 Å². The lowest BCUT2D eigenvalue weighted by Gasteiger charge is -2.07. The van der Waals surface area contributed by atoms with Gasteiger partial charge in [0.1, 0.15) is 0 Å². The number of aromatic nitrogens is 4. The quantitative estimate of drug-likeness (QED) is 0.553. The predicted octanol–water partition coefficient (Wildman–Crippen LogP) is 4.24. The summed E-state index contributed by atoms with van der Waals surface area (Å²) in [4.78, 5) is 12.9. The van der Waals surface area contributed by atoms with Gasteiger partial charge in [-0.05, 0) is 13.0 Å². The van der Waals surface area contributed by atoms with Gasteiger partial charge in [0, 0.05) is 29.1 Å². The molecule has 0 aliphatic carbocycles. The van der Waals surface area contributed by atoms with Gasteiger partial charge in [-0.3, -0.25) is 0 Å². The maximum atomic E-state index is 12.9. The Morgan fingerprint density at radius 1 is 0.880 bits per heavy atom. The topological polar surface area (TPSA) is 52.7 Å². The van der Waals surface area contributed by atoms with E-state index in [0.717, 1.165) is 28.1 Å². The Balaban J connectivity index is 1.95. The minimum atomic E-state index is -0.311. The molecule has 2 aromatic carbocycles. The maximum Gasteiger partial charge on any atom is 0.369 e. The van der Waals surface area contributed by atoms with Crippen LogP contribution in [0.1, 0.15) is 5.56 Å². The predicted molar refractivity (Wildman–Crippen MR) is 96.3 cm³/mol. The molecule has 2 heterocycles. The van der Waals surface area contributed by atoms with E-state index < -0.39 is 0 Å². The molecule has 0 unspecified atom stereocenters. The summed E-state index contributed by atoms with van der Waals surface area (Å²) in [5, 5.41) is 8.66. The van der Waals surface area contributed by atoms with Crippen LogP contribution >= 0.6 is 0 Å². The van der Waals surface area contributed by atoms with E-state index in [4.69, 9.17) is 0 Å². The fourth-order valence-corrected chi connectivity index (χ4v) is 2.92. The average Bonchev–Trinajstić information content (AvgIpc) is 3.31. The molecule has 0 fully saturated rings. The van der Waals surface area contributed by atoms with E-state index in [-0.39, 0.29) is 6.03 Å². The summed E-state index contributed by atoms with van der Waals surface area (Å²) in [6.07, 6.45) is 3.20. The van der Waals surface area contributed by atoms with Gasteiger partial charge < -0.3 is 0 Å². The third-order valence-corrected chi connectivity index (χ3v) is 4.10. The summed E-state index contributed by atoms with van der Waals surface area (Å²) in [5.41, 5.74) is 4.44. The lowest BCUT2D eigenvalue weighted by atomic mass is 10.0. The van der Waals surface area contributed by atoms with Gasteiger partial charge in [-0.2, -0.15) is 19.6 Å². The fraction of sp³-hybridized carbons (Fsp3) is 0.0500. The molecule has 4 aromatic rings. The zero-order valence-electron chi connectivity index (χ0n) is 13.7. The van der Waals surface area contributed by atoms with E-state index in [1.807, 2.05) is 67.6 Å². The van der Waals surface area contributed by atoms with Crippen molar-refractivity contribution in [1.29, 1.82) is 0 Å². The van der Waals surface area contributed by atoms with Crippen molar-refractivity contribution in [3.63, 3.8) is 0 Å². The molecule has 0 spiro atoms. The largest absolute Gasteiger partial charge is 0.369 e. The molecule has 0 saturated heterocycles. The highest BCUT2D eigenvalue weighted by Crippen LogP contribution is 2.31. The Bertz CT molecular complexity index is 1000. The molecule has 0 aliphatic heterocycles. The van der Waals surface area contributed by atoms with Crippen molar-refractivity contribution in [2.24, 2.45) is 0 Å². The Morgan fingerprint density at radius 3 is 2.12 bits per heavy atom. The highest BCUT2D eigenvalue weighted by Gasteiger charge is 2.22. The van der Waals surface area contributed by atoms with Gasteiger partial charge in [-0.1, -0.05) is 60.7 Å². The lowest BCUT2D eigenvalue weighted by Crippen LogP contribution is -2.22. The molecule has 0 aliphatic rings. The van der Waals surface area contributed by atoms with Crippen molar-refractivity contribution in [2.75, 3.05) is 0 Å². The number of carbonyl (C=O) groups is 1. The van der Waals surface area contributed by atoms with Gasteiger partial charge in [0.2, 0.25) is 0 Å². The van der Waals surface area contributed by atoms with E-state index in [1.54, 1.807) is 18.5 Å². The molecule has 0 atom stereocenters. The molecule has 25 heavy (non-hydrogen) atoms. The molecule has 5 heteroatoms. The summed E-state index contributed by atoms with van der Waals surface area (Å²) in [5.74, 6) is 0. The molecule has 0 N–H and O–H groups in total. The van der Waals surface area contributed by atoms with Crippen LogP contribution in [0.15, 0.2) is 79.1 Å². The van der Waals surface area contributed by atoms with Gasteiger partial charge in [0.05, 0.1) is 11.4 Å². The molecular weight excluding hydrogens is 312 g/mol. The van der Waals surface area contributed by atoms with Crippen molar-refractivity contribution in [3.05, 3.63) is 84.7 Å². The summed E-state index contributed by atoms with van der Waals surface area (Å²) >= 11 is 0. The van der Waals surface area contributed by atoms with E-state index in [2.05, 4.69) is 10.2 Å². The number of hydrogen-bond donors (Lipinski definition) is 0. The first-order valence-electron chi connectivity index (χ1n) is 8.00. The first kappa shape index (κ1) is 15.1. The number of benzene rings is 2. The van der Waals surface area contributed by atoms with Crippen LogP contribution in [0.2, 0.25) is 0 Å². The molecule has 0 saturated carbocycles. The smallest absolute Gasteiger partial charge is 0.244 e. The molecule has 0 bridgehead atoms. The fourth-order valence-electron chi connectivity index (χ4n) is 2.92. The van der Waals surface area contributed by atoms with Gasteiger partial charge >= 0.3 is 6.03 Å². The SMILES string of the molecule is Cc1c(-c2ccccc2)nn(C(=O)n2cccn2)c1-c1ccccc1. The lowest BCUT2D eigenvalue weighted by molar-refractivity contribution is 0.238. The minimum absolute atomic E-state index is 0.311. The van der Waals surface area contributed by atoms with Crippen LogP contribution < -0.4 is 0 Å². The van der Waals surface area contributed by atoms with Gasteiger partial charge in [0.25, 0.3) is 0 Å². The van der Waals surface area contributed by atoms with Crippen molar-refractivity contribution >= 4 is 6.03 Å². The number of nitrogens with zero attached hydrogens (tertiary/aromatic N) is 4. The molecule has 122 valence electrons. The van der Waals surface area contributed by atoms with Gasteiger partial charge in [0.15, 0.2) is 0 Å². The van der Waals surface area contributed by atoms with Gasteiger partial charge in [-0.25, -0.2) is 4.79 Å². The molecule has 4 rings (SSSR count). The van der Waals surface area contributed by atoms with E-state index in [0.29, 0.717) is 0 Å². The van der Waals surface area contributed by atoms with Crippen LogP contribution in [0.4, 0.5) is 4.79 Å². The second-order valence-corrected chi connectivity index (χ2v) is 5.70. The Hall–Kier alpha value is -3.47. The number of rotatable bonds is 2.